The lowest BCUT2D eigenvalue weighted by Gasteiger charge is -2.31. The molecule has 2 atom stereocenters. The number of hydrogen-bond acceptors (Lipinski definition) is 3. The molecule has 0 aliphatic heterocycles. The molecule has 0 radical (unpaired) electrons. The molecule has 124 valence electrons. The van der Waals surface area contributed by atoms with Gasteiger partial charge in [0.25, 0.3) is 0 Å². The number of hydrogen-bond donors (Lipinski definition) is 3. The summed E-state index contributed by atoms with van der Waals surface area (Å²) in [7, 11) is 1.62. The third-order valence-electron chi connectivity index (χ3n) is 3.39. The van der Waals surface area contributed by atoms with E-state index in [2.05, 4.69) is 48.9 Å². The van der Waals surface area contributed by atoms with Gasteiger partial charge in [0.15, 0.2) is 0 Å². The minimum absolute atomic E-state index is 0.00989. The van der Waals surface area contributed by atoms with E-state index in [-0.39, 0.29) is 23.7 Å². The van der Waals surface area contributed by atoms with Gasteiger partial charge in [-0.1, -0.05) is 30.3 Å². The SMILES string of the molecule is COCC(C)NC(=O)NCC(C)(C)NC(C)c1ccccc1. The van der Waals surface area contributed by atoms with Gasteiger partial charge < -0.3 is 20.7 Å². The molecule has 5 nitrogen and oxygen atoms in total. The molecule has 5 heteroatoms. The first-order valence-electron chi connectivity index (χ1n) is 7.70. The number of rotatable bonds is 8. The van der Waals surface area contributed by atoms with Gasteiger partial charge in [0.05, 0.1) is 12.6 Å². The number of ether oxygens (including phenoxy) is 1. The molecule has 1 rings (SSSR count). The maximum absolute atomic E-state index is 11.8. The predicted molar refractivity (Wildman–Crippen MR) is 89.9 cm³/mol. The molecule has 0 heterocycles. The zero-order valence-corrected chi connectivity index (χ0v) is 14.3. The number of amides is 2. The molecule has 0 fully saturated rings. The molecule has 1 aromatic carbocycles. The normalized spacial score (nSPS) is 14.2. The van der Waals surface area contributed by atoms with E-state index in [1.807, 2.05) is 25.1 Å². The number of nitrogens with one attached hydrogen (secondary N) is 3. The van der Waals surface area contributed by atoms with Crippen LogP contribution in [0.15, 0.2) is 30.3 Å². The summed E-state index contributed by atoms with van der Waals surface area (Å²) in [5.74, 6) is 0. The largest absolute Gasteiger partial charge is 0.383 e. The first-order chi connectivity index (χ1) is 10.3. The maximum atomic E-state index is 11.8. The molecule has 0 saturated heterocycles. The lowest BCUT2D eigenvalue weighted by atomic mass is 10.0. The Hall–Kier alpha value is -1.59. The first kappa shape index (κ1) is 18.5. The van der Waals surface area contributed by atoms with Crippen LogP contribution >= 0.6 is 0 Å². The second-order valence-corrected chi connectivity index (χ2v) is 6.34. The second-order valence-electron chi connectivity index (χ2n) is 6.34. The first-order valence-corrected chi connectivity index (χ1v) is 7.70. The molecule has 0 aliphatic rings. The molecule has 3 N–H and O–H groups in total. The van der Waals surface area contributed by atoms with Gasteiger partial charge in [-0.05, 0) is 33.3 Å². The Bertz CT molecular complexity index is 448. The summed E-state index contributed by atoms with van der Waals surface area (Å²) in [6.07, 6.45) is 0. The number of carbonyl (C=O) groups is 1. The molecule has 2 amide bonds. The Balaban J connectivity index is 2.41. The zero-order chi connectivity index (χ0) is 16.6. The van der Waals surface area contributed by atoms with Gasteiger partial charge >= 0.3 is 6.03 Å². The van der Waals surface area contributed by atoms with E-state index in [0.717, 1.165) is 0 Å². The van der Waals surface area contributed by atoms with Crippen LogP contribution in [0.25, 0.3) is 0 Å². The van der Waals surface area contributed by atoms with Crippen molar-refractivity contribution in [3.8, 4) is 0 Å². The number of methoxy groups -OCH3 is 1. The van der Waals surface area contributed by atoms with Gasteiger partial charge in [0.2, 0.25) is 0 Å². The van der Waals surface area contributed by atoms with Crippen molar-refractivity contribution in [3.63, 3.8) is 0 Å². The summed E-state index contributed by atoms with van der Waals surface area (Å²) in [6.45, 7) is 9.22. The Labute approximate surface area is 133 Å². The predicted octanol–water partition coefficient (Wildman–Crippen LogP) is 2.45. The summed E-state index contributed by atoms with van der Waals surface area (Å²) < 4.78 is 5.00. The molecular formula is C17H29N3O2. The molecule has 1 aromatic rings. The van der Waals surface area contributed by atoms with Gasteiger partial charge in [0.1, 0.15) is 0 Å². The van der Waals surface area contributed by atoms with Crippen molar-refractivity contribution >= 4 is 6.03 Å². The average molecular weight is 307 g/mol. The van der Waals surface area contributed by atoms with E-state index >= 15 is 0 Å². The van der Waals surface area contributed by atoms with Crippen LogP contribution < -0.4 is 16.0 Å². The van der Waals surface area contributed by atoms with Crippen LogP contribution in [-0.4, -0.2) is 37.9 Å². The van der Waals surface area contributed by atoms with Crippen molar-refractivity contribution < 1.29 is 9.53 Å². The number of carbonyl (C=O) groups excluding carboxylic acids is 1. The molecule has 0 saturated carbocycles. The number of benzene rings is 1. The molecule has 0 aromatic heterocycles. The van der Waals surface area contributed by atoms with Crippen LogP contribution in [0.1, 0.15) is 39.3 Å². The van der Waals surface area contributed by atoms with Crippen LogP contribution in [0.2, 0.25) is 0 Å². The highest BCUT2D eigenvalue weighted by molar-refractivity contribution is 5.74. The highest BCUT2D eigenvalue weighted by atomic mass is 16.5. The second kappa shape index (κ2) is 8.76. The van der Waals surface area contributed by atoms with Crippen molar-refractivity contribution in [3.05, 3.63) is 35.9 Å². The smallest absolute Gasteiger partial charge is 0.315 e. The molecule has 2 unspecified atom stereocenters. The fraction of sp³-hybridized carbons (Fsp3) is 0.588. The Morgan fingerprint density at radius 2 is 1.86 bits per heavy atom. The van der Waals surface area contributed by atoms with Crippen molar-refractivity contribution in [1.82, 2.24) is 16.0 Å². The van der Waals surface area contributed by atoms with Crippen LogP contribution in [-0.2, 0) is 4.74 Å². The Morgan fingerprint density at radius 1 is 1.23 bits per heavy atom. The van der Waals surface area contributed by atoms with Gasteiger partial charge in [-0.3, -0.25) is 0 Å². The van der Waals surface area contributed by atoms with E-state index in [4.69, 9.17) is 4.74 Å². The van der Waals surface area contributed by atoms with Crippen molar-refractivity contribution in [2.24, 2.45) is 0 Å². The minimum Gasteiger partial charge on any atom is -0.383 e. The lowest BCUT2D eigenvalue weighted by molar-refractivity contribution is 0.170. The van der Waals surface area contributed by atoms with E-state index in [9.17, 15) is 4.79 Å². The van der Waals surface area contributed by atoms with E-state index in [1.165, 1.54) is 5.56 Å². The van der Waals surface area contributed by atoms with Gasteiger partial charge in [-0.15, -0.1) is 0 Å². The lowest BCUT2D eigenvalue weighted by Crippen LogP contribution is -2.52. The van der Waals surface area contributed by atoms with Gasteiger partial charge in [0, 0.05) is 25.2 Å². The maximum Gasteiger partial charge on any atom is 0.315 e. The third kappa shape index (κ3) is 6.91. The zero-order valence-electron chi connectivity index (χ0n) is 14.3. The summed E-state index contributed by atoms with van der Waals surface area (Å²) in [4.78, 5) is 11.8. The van der Waals surface area contributed by atoms with Gasteiger partial charge in [-0.25, -0.2) is 4.79 Å². The summed E-state index contributed by atoms with van der Waals surface area (Å²) in [6, 6.07) is 10.3. The van der Waals surface area contributed by atoms with Gasteiger partial charge in [-0.2, -0.15) is 0 Å². The molecule has 22 heavy (non-hydrogen) atoms. The Morgan fingerprint density at radius 3 is 2.45 bits per heavy atom. The summed E-state index contributed by atoms with van der Waals surface area (Å²) >= 11 is 0. The highest BCUT2D eigenvalue weighted by Crippen LogP contribution is 2.15. The fourth-order valence-corrected chi connectivity index (χ4v) is 2.33. The van der Waals surface area contributed by atoms with Crippen molar-refractivity contribution in [2.75, 3.05) is 20.3 Å². The van der Waals surface area contributed by atoms with E-state index in [1.54, 1.807) is 7.11 Å². The van der Waals surface area contributed by atoms with E-state index in [0.29, 0.717) is 13.2 Å². The monoisotopic (exact) mass is 307 g/mol. The molecular weight excluding hydrogens is 278 g/mol. The fourth-order valence-electron chi connectivity index (χ4n) is 2.33. The summed E-state index contributed by atoms with van der Waals surface area (Å²) in [5.41, 5.74) is 1.02. The van der Waals surface area contributed by atoms with E-state index < -0.39 is 0 Å². The minimum atomic E-state index is -0.211. The van der Waals surface area contributed by atoms with Crippen LogP contribution in [0.5, 0.6) is 0 Å². The van der Waals surface area contributed by atoms with Crippen LogP contribution in [0, 0.1) is 0 Å². The number of urea groups is 1. The summed E-state index contributed by atoms with van der Waals surface area (Å²) in [5, 5.41) is 9.28. The topological polar surface area (TPSA) is 62.4 Å². The van der Waals surface area contributed by atoms with Crippen LogP contribution in [0.4, 0.5) is 4.79 Å². The molecule has 0 aliphatic carbocycles. The molecule has 0 spiro atoms. The standard InChI is InChI=1S/C17H29N3O2/c1-13(11-22-5)19-16(21)18-12-17(3,4)20-14(2)15-9-7-6-8-10-15/h6-10,13-14,20H,11-12H2,1-5H3,(H2,18,19,21). The van der Waals surface area contributed by atoms with Crippen molar-refractivity contribution in [2.45, 2.75) is 45.3 Å². The van der Waals surface area contributed by atoms with Crippen LogP contribution in [0.3, 0.4) is 0 Å². The average Bonchev–Trinajstić information content (AvgIpc) is 2.46. The Kier molecular flexibility index (Phi) is 7.35. The quantitative estimate of drug-likeness (QED) is 0.691. The highest BCUT2D eigenvalue weighted by Gasteiger charge is 2.21. The molecule has 0 bridgehead atoms. The van der Waals surface area contributed by atoms with Crippen molar-refractivity contribution in [1.29, 1.82) is 0 Å². The third-order valence-corrected chi connectivity index (χ3v) is 3.39.